The van der Waals surface area contributed by atoms with Gasteiger partial charge in [0.25, 0.3) is 0 Å². The molecule has 0 saturated carbocycles. The van der Waals surface area contributed by atoms with Crippen LogP contribution in [0.25, 0.3) is 0 Å². The Hall–Kier alpha value is -0.940. The summed E-state index contributed by atoms with van der Waals surface area (Å²) < 4.78 is 5.02. The molecule has 68 valence electrons. The Kier molecular flexibility index (Phi) is 2.16. The first-order chi connectivity index (χ1) is 5.44. The van der Waals surface area contributed by atoms with E-state index in [1.54, 1.807) is 6.92 Å². The van der Waals surface area contributed by atoms with Crippen molar-refractivity contribution in [2.45, 2.75) is 25.0 Å². The third-order valence-electron chi connectivity index (χ3n) is 2.07. The fourth-order valence-electron chi connectivity index (χ4n) is 1.14. The number of rotatable bonds is 2. The number of primary amides is 1. The van der Waals surface area contributed by atoms with E-state index in [4.69, 9.17) is 16.2 Å². The first kappa shape index (κ1) is 9.15. The van der Waals surface area contributed by atoms with Crippen molar-refractivity contribution < 1.29 is 14.3 Å². The summed E-state index contributed by atoms with van der Waals surface area (Å²) in [7, 11) is 0. The Labute approximate surface area is 70.0 Å². The molecule has 0 aliphatic carbocycles. The molecule has 5 heteroatoms. The fourth-order valence-corrected chi connectivity index (χ4v) is 1.14. The highest BCUT2D eigenvalue weighted by atomic mass is 16.5. The van der Waals surface area contributed by atoms with Crippen LogP contribution in [0.5, 0.6) is 0 Å². The van der Waals surface area contributed by atoms with Crippen LogP contribution in [0.15, 0.2) is 0 Å². The van der Waals surface area contributed by atoms with E-state index < -0.39 is 17.6 Å². The zero-order valence-corrected chi connectivity index (χ0v) is 6.87. The molecule has 1 heterocycles. The second kappa shape index (κ2) is 2.84. The predicted octanol–water partition coefficient (Wildman–Crippen LogP) is -1.45. The van der Waals surface area contributed by atoms with Crippen molar-refractivity contribution in [3.63, 3.8) is 0 Å². The van der Waals surface area contributed by atoms with Crippen LogP contribution in [0.3, 0.4) is 0 Å². The first-order valence-corrected chi connectivity index (χ1v) is 3.66. The van der Waals surface area contributed by atoms with Crippen LogP contribution < -0.4 is 11.5 Å². The topological polar surface area (TPSA) is 95.4 Å². The van der Waals surface area contributed by atoms with Gasteiger partial charge in [-0.2, -0.15) is 0 Å². The average molecular weight is 172 g/mol. The zero-order valence-electron chi connectivity index (χ0n) is 6.87. The molecule has 1 fully saturated rings. The lowest BCUT2D eigenvalue weighted by atomic mass is 9.92. The summed E-state index contributed by atoms with van der Waals surface area (Å²) in [4.78, 5) is 21.6. The quantitative estimate of drug-likeness (QED) is 0.532. The summed E-state index contributed by atoms with van der Waals surface area (Å²) in [6.07, 6.45) is -0.568. The minimum Gasteiger partial charge on any atom is -0.370 e. The zero-order chi connectivity index (χ0) is 9.35. The van der Waals surface area contributed by atoms with Gasteiger partial charge in [0.2, 0.25) is 5.91 Å². The summed E-state index contributed by atoms with van der Waals surface area (Å²) in [5.41, 5.74) is 9.52. The van der Waals surface area contributed by atoms with E-state index in [1.165, 1.54) is 0 Å². The van der Waals surface area contributed by atoms with Crippen LogP contribution in [-0.2, 0) is 14.3 Å². The van der Waals surface area contributed by atoms with Crippen molar-refractivity contribution in [2.75, 3.05) is 6.61 Å². The van der Waals surface area contributed by atoms with E-state index in [0.29, 0.717) is 0 Å². The van der Waals surface area contributed by atoms with E-state index >= 15 is 0 Å². The van der Waals surface area contributed by atoms with Crippen molar-refractivity contribution in [3.8, 4) is 0 Å². The van der Waals surface area contributed by atoms with Crippen LogP contribution in [-0.4, -0.2) is 29.9 Å². The first-order valence-electron chi connectivity index (χ1n) is 3.66. The largest absolute Gasteiger partial charge is 0.370 e. The minimum absolute atomic E-state index is 0.00125. The van der Waals surface area contributed by atoms with Crippen LogP contribution >= 0.6 is 0 Å². The second-order valence-electron chi connectivity index (χ2n) is 3.18. The third-order valence-corrected chi connectivity index (χ3v) is 2.07. The number of ketones is 1. The number of amides is 1. The molecule has 0 aromatic heterocycles. The van der Waals surface area contributed by atoms with Gasteiger partial charge in [0.1, 0.15) is 12.1 Å². The highest BCUT2D eigenvalue weighted by Crippen LogP contribution is 2.21. The number of Topliss-reactive ketones (excluding diaryl/α,β-unsaturated/α-hetero) is 1. The van der Waals surface area contributed by atoms with Gasteiger partial charge >= 0.3 is 0 Å². The maximum Gasteiger partial charge on any atom is 0.220 e. The lowest BCUT2D eigenvalue weighted by molar-refractivity contribution is -0.121. The Morgan fingerprint density at radius 2 is 2.42 bits per heavy atom. The molecule has 1 rings (SSSR count). The maximum absolute atomic E-state index is 11.1. The van der Waals surface area contributed by atoms with E-state index in [2.05, 4.69) is 0 Å². The molecule has 1 unspecified atom stereocenters. The van der Waals surface area contributed by atoms with E-state index in [9.17, 15) is 9.59 Å². The van der Waals surface area contributed by atoms with Crippen molar-refractivity contribution >= 4 is 11.7 Å². The molecule has 1 aliphatic heterocycles. The fraction of sp³-hybridized carbons (Fsp3) is 0.714. The standard InChI is InChI=1S/C7H12N2O3/c1-7(9)4(10)3-12-5(7)2-6(8)11/h5H,2-3,9H2,1H3,(H2,8,11)/t5?,7-/m1/s1. The number of carbonyl (C=O) groups is 2. The van der Waals surface area contributed by atoms with Gasteiger partial charge in [-0.1, -0.05) is 0 Å². The van der Waals surface area contributed by atoms with Crippen LogP contribution in [0.2, 0.25) is 0 Å². The summed E-state index contributed by atoms with van der Waals surface area (Å²) in [6.45, 7) is 1.53. The highest BCUT2D eigenvalue weighted by Gasteiger charge is 2.44. The summed E-state index contributed by atoms with van der Waals surface area (Å²) in [5, 5.41) is 0. The van der Waals surface area contributed by atoms with Crippen molar-refractivity contribution in [3.05, 3.63) is 0 Å². The van der Waals surface area contributed by atoms with Gasteiger partial charge in [0.15, 0.2) is 5.78 Å². The lowest BCUT2D eigenvalue weighted by Gasteiger charge is -2.21. The van der Waals surface area contributed by atoms with Crippen LogP contribution in [0.4, 0.5) is 0 Å². The van der Waals surface area contributed by atoms with E-state index in [1.807, 2.05) is 0 Å². The number of hydrogen-bond acceptors (Lipinski definition) is 4. The van der Waals surface area contributed by atoms with E-state index in [0.717, 1.165) is 0 Å². The van der Waals surface area contributed by atoms with Crippen molar-refractivity contribution in [1.82, 2.24) is 0 Å². The highest BCUT2D eigenvalue weighted by molar-refractivity contribution is 5.92. The maximum atomic E-state index is 11.1. The molecule has 1 aliphatic rings. The number of nitrogens with two attached hydrogens (primary N) is 2. The number of hydrogen-bond donors (Lipinski definition) is 2. The lowest BCUT2D eigenvalue weighted by Crippen LogP contribution is -2.51. The molecule has 1 amide bonds. The molecular weight excluding hydrogens is 160 g/mol. The predicted molar refractivity (Wildman–Crippen MR) is 41.2 cm³/mol. The summed E-state index contributed by atoms with van der Waals surface area (Å²) in [5.74, 6) is -0.694. The summed E-state index contributed by atoms with van der Waals surface area (Å²) >= 11 is 0. The molecular formula is C7H12N2O3. The normalized spacial score (nSPS) is 35.5. The van der Waals surface area contributed by atoms with Gasteiger partial charge in [0, 0.05) is 0 Å². The van der Waals surface area contributed by atoms with Crippen molar-refractivity contribution in [2.24, 2.45) is 11.5 Å². The number of carbonyl (C=O) groups excluding carboxylic acids is 2. The Morgan fingerprint density at radius 1 is 1.83 bits per heavy atom. The van der Waals surface area contributed by atoms with Gasteiger partial charge in [-0.3, -0.25) is 9.59 Å². The Bertz CT molecular complexity index is 225. The smallest absolute Gasteiger partial charge is 0.220 e. The van der Waals surface area contributed by atoms with Gasteiger partial charge in [-0.15, -0.1) is 0 Å². The second-order valence-corrected chi connectivity index (χ2v) is 3.18. The molecule has 4 N–H and O–H groups in total. The Balaban J connectivity index is 2.68. The molecule has 0 spiro atoms. The molecule has 2 atom stereocenters. The SMILES string of the molecule is C[C@@]1(N)C(=O)COC1CC(N)=O. The van der Waals surface area contributed by atoms with Crippen LogP contribution in [0.1, 0.15) is 13.3 Å². The van der Waals surface area contributed by atoms with Gasteiger partial charge in [-0.25, -0.2) is 0 Å². The molecule has 12 heavy (non-hydrogen) atoms. The van der Waals surface area contributed by atoms with Gasteiger partial charge < -0.3 is 16.2 Å². The molecule has 0 radical (unpaired) electrons. The van der Waals surface area contributed by atoms with Crippen molar-refractivity contribution in [1.29, 1.82) is 0 Å². The molecule has 1 saturated heterocycles. The molecule has 0 aromatic rings. The van der Waals surface area contributed by atoms with Gasteiger partial charge in [-0.05, 0) is 6.92 Å². The summed E-state index contributed by atoms with van der Waals surface area (Å²) in [6, 6.07) is 0. The molecule has 0 aromatic carbocycles. The minimum atomic E-state index is -1.06. The average Bonchev–Trinajstić information content (AvgIpc) is 2.15. The number of ether oxygens (including phenoxy) is 1. The third kappa shape index (κ3) is 1.46. The molecule has 0 bridgehead atoms. The van der Waals surface area contributed by atoms with Gasteiger partial charge in [0.05, 0.1) is 12.5 Å². The van der Waals surface area contributed by atoms with Crippen LogP contribution in [0, 0.1) is 0 Å². The van der Waals surface area contributed by atoms with E-state index in [-0.39, 0.29) is 18.8 Å². The Morgan fingerprint density at radius 3 is 2.75 bits per heavy atom. The monoisotopic (exact) mass is 172 g/mol. The molecule has 5 nitrogen and oxygen atoms in total.